The summed E-state index contributed by atoms with van der Waals surface area (Å²) in [5.41, 5.74) is 3.90. The van der Waals surface area contributed by atoms with Crippen LogP contribution in [-0.2, 0) is 13.0 Å². The fraction of sp³-hybridized carbons (Fsp3) is 0.360. The molecule has 156 valence electrons. The van der Waals surface area contributed by atoms with E-state index in [4.69, 9.17) is 9.26 Å². The molecule has 5 heteroatoms. The van der Waals surface area contributed by atoms with Gasteiger partial charge in [0.1, 0.15) is 18.1 Å². The highest BCUT2D eigenvalue weighted by atomic mass is 16.5. The predicted molar refractivity (Wildman–Crippen MR) is 116 cm³/mol. The third-order valence-electron chi connectivity index (χ3n) is 5.93. The number of rotatable bonds is 6. The maximum atomic E-state index is 12.9. The number of carbonyl (C=O) groups is 1. The van der Waals surface area contributed by atoms with Crippen molar-refractivity contribution in [2.24, 2.45) is 5.92 Å². The molecule has 0 atom stereocenters. The van der Waals surface area contributed by atoms with Crippen molar-refractivity contribution in [3.8, 4) is 5.75 Å². The van der Waals surface area contributed by atoms with Crippen LogP contribution < -0.4 is 4.74 Å². The highest BCUT2D eigenvalue weighted by Crippen LogP contribution is 2.24. The average molecular weight is 405 g/mol. The minimum atomic E-state index is 0.102. The molecular weight excluding hydrogens is 376 g/mol. The van der Waals surface area contributed by atoms with Gasteiger partial charge in [0.15, 0.2) is 0 Å². The zero-order valence-corrected chi connectivity index (χ0v) is 17.6. The topological polar surface area (TPSA) is 55.6 Å². The summed E-state index contributed by atoms with van der Waals surface area (Å²) in [6.45, 7) is 5.83. The third-order valence-corrected chi connectivity index (χ3v) is 5.93. The Labute approximate surface area is 177 Å². The summed E-state index contributed by atoms with van der Waals surface area (Å²) < 4.78 is 11.0. The molecule has 1 aliphatic heterocycles. The first kappa shape index (κ1) is 20.2. The van der Waals surface area contributed by atoms with Crippen molar-refractivity contribution >= 4 is 5.91 Å². The molecule has 3 aromatic rings. The van der Waals surface area contributed by atoms with E-state index in [1.165, 1.54) is 5.56 Å². The number of hydrogen-bond acceptors (Lipinski definition) is 4. The van der Waals surface area contributed by atoms with E-state index in [1.54, 1.807) is 0 Å². The summed E-state index contributed by atoms with van der Waals surface area (Å²) in [6, 6.07) is 18.0. The molecule has 2 heterocycles. The lowest BCUT2D eigenvalue weighted by molar-refractivity contribution is 0.0690. The van der Waals surface area contributed by atoms with Gasteiger partial charge in [0, 0.05) is 18.7 Å². The number of likely N-dealkylation sites (tertiary alicyclic amines) is 1. The number of aromatic nitrogens is 1. The maximum Gasteiger partial charge on any atom is 0.253 e. The van der Waals surface area contributed by atoms with Crippen LogP contribution in [0.3, 0.4) is 0 Å². The lowest BCUT2D eigenvalue weighted by Crippen LogP contribution is -2.38. The quantitative estimate of drug-likeness (QED) is 0.582. The van der Waals surface area contributed by atoms with Gasteiger partial charge in [-0.25, -0.2) is 0 Å². The van der Waals surface area contributed by atoms with Crippen molar-refractivity contribution in [3.63, 3.8) is 0 Å². The number of carbonyl (C=O) groups excluding carboxylic acids is 1. The van der Waals surface area contributed by atoms with E-state index in [9.17, 15) is 4.79 Å². The molecule has 0 bridgehead atoms. The predicted octanol–water partition coefficient (Wildman–Crippen LogP) is 4.97. The standard InChI is InChI=1S/C25H28N2O3/c1-18-24(19(2)30-26-18)17-29-23-10-8-22(9-11-23)25(28)27-14-12-21(13-15-27)16-20-6-4-3-5-7-20/h3-11,21H,12-17H2,1-2H3. The minimum Gasteiger partial charge on any atom is -0.489 e. The van der Waals surface area contributed by atoms with Crippen LogP contribution in [0.5, 0.6) is 5.75 Å². The molecule has 30 heavy (non-hydrogen) atoms. The molecular formula is C25H28N2O3. The van der Waals surface area contributed by atoms with E-state index in [-0.39, 0.29) is 5.91 Å². The van der Waals surface area contributed by atoms with Crippen LogP contribution in [0.2, 0.25) is 0 Å². The molecule has 0 N–H and O–H groups in total. The Bertz CT molecular complexity index is 952. The molecule has 0 radical (unpaired) electrons. The second-order valence-electron chi connectivity index (χ2n) is 8.04. The number of aryl methyl sites for hydroxylation is 2. The van der Waals surface area contributed by atoms with Crippen LogP contribution in [-0.4, -0.2) is 29.1 Å². The highest BCUT2D eigenvalue weighted by Gasteiger charge is 2.23. The number of amides is 1. The molecule has 0 aliphatic carbocycles. The van der Waals surface area contributed by atoms with E-state index in [1.807, 2.05) is 43.0 Å². The van der Waals surface area contributed by atoms with Gasteiger partial charge in [-0.15, -0.1) is 0 Å². The molecule has 2 aromatic carbocycles. The Balaban J connectivity index is 1.29. The van der Waals surface area contributed by atoms with Crippen LogP contribution in [0, 0.1) is 19.8 Å². The summed E-state index contributed by atoms with van der Waals surface area (Å²) in [4.78, 5) is 14.8. The van der Waals surface area contributed by atoms with Crippen molar-refractivity contribution < 1.29 is 14.1 Å². The first-order valence-electron chi connectivity index (χ1n) is 10.6. The second-order valence-corrected chi connectivity index (χ2v) is 8.04. The number of benzene rings is 2. The van der Waals surface area contributed by atoms with E-state index in [2.05, 4.69) is 35.5 Å². The average Bonchev–Trinajstić information content (AvgIpc) is 3.11. The van der Waals surface area contributed by atoms with Gasteiger partial charge in [-0.1, -0.05) is 35.5 Å². The molecule has 0 unspecified atom stereocenters. The fourth-order valence-electron chi connectivity index (χ4n) is 4.03. The van der Waals surface area contributed by atoms with Crippen molar-refractivity contribution in [3.05, 3.63) is 82.7 Å². The SMILES string of the molecule is Cc1noc(C)c1COc1ccc(C(=O)N2CCC(Cc3ccccc3)CC2)cc1. The summed E-state index contributed by atoms with van der Waals surface area (Å²) >= 11 is 0. The molecule has 1 aliphatic rings. The molecule has 0 spiro atoms. The maximum absolute atomic E-state index is 12.9. The smallest absolute Gasteiger partial charge is 0.253 e. The highest BCUT2D eigenvalue weighted by molar-refractivity contribution is 5.94. The summed E-state index contributed by atoms with van der Waals surface area (Å²) in [5, 5.41) is 3.94. The lowest BCUT2D eigenvalue weighted by atomic mass is 9.90. The first-order valence-corrected chi connectivity index (χ1v) is 10.6. The van der Waals surface area contributed by atoms with E-state index < -0.39 is 0 Å². The van der Waals surface area contributed by atoms with Gasteiger partial charge < -0.3 is 14.2 Å². The molecule has 1 amide bonds. The van der Waals surface area contributed by atoms with Gasteiger partial charge in [0.2, 0.25) is 0 Å². The molecule has 0 saturated carbocycles. The van der Waals surface area contributed by atoms with Crippen LogP contribution in [0.1, 0.15) is 45.8 Å². The summed E-state index contributed by atoms with van der Waals surface area (Å²) in [6.07, 6.45) is 3.21. The Morgan fingerprint density at radius 2 is 1.77 bits per heavy atom. The van der Waals surface area contributed by atoms with Crippen LogP contribution >= 0.6 is 0 Å². The Kier molecular flexibility index (Phi) is 6.17. The first-order chi connectivity index (χ1) is 14.6. The largest absolute Gasteiger partial charge is 0.489 e. The van der Waals surface area contributed by atoms with E-state index in [0.717, 1.165) is 55.1 Å². The van der Waals surface area contributed by atoms with Gasteiger partial charge in [-0.2, -0.15) is 0 Å². The van der Waals surface area contributed by atoms with Crippen LogP contribution in [0.15, 0.2) is 59.1 Å². The van der Waals surface area contributed by atoms with Crippen molar-refractivity contribution in [1.29, 1.82) is 0 Å². The molecule has 4 rings (SSSR count). The number of ether oxygens (including phenoxy) is 1. The van der Waals surface area contributed by atoms with Gasteiger partial charge >= 0.3 is 0 Å². The summed E-state index contributed by atoms with van der Waals surface area (Å²) in [5.74, 6) is 2.25. The Morgan fingerprint density at radius 3 is 2.40 bits per heavy atom. The van der Waals surface area contributed by atoms with Crippen molar-refractivity contribution in [1.82, 2.24) is 10.1 Å². The minimum absolute atomic E-state index is 0.102. The van der Waals surface area contributed by atoms with Gasteiger partial charge in [0.05, 0.1) is 11.3 Å². The normalized spacial score (nSPS) is 14.7. The Morgan fingerprint density at radius 1 is 1.07 bits per heavy atom. The monoisotopic (exact) mass is 404 g/mol. The molecule has 1 saturated heterocycles. The summed E-state index contributed by atoms with van der Waals surface area (Å²) in [7, 11) is 0. The van der Waals surface area contributed by atoms with E-state index in [0.29, 0.717) is 18.1 Å². The second kappa shape index (κ2) is 9.16. The van der Waals surface area contributed by atoms with E-state index >= 15 is 0 Å². The fourth-order valence-corrected chi connectivity index (χ4v) is 4.03. The van der Waals surface area contributed by atoms with Crippen LogP contribution in [0.25, 0.3) is 0 Å². The zero-order chi connectivity index (χ0) is 20.9. The number of nitrogens with zero attached hydrogens (tertiary/aromatic N) is 2. The molecule has 1 aromatic heterocycles. The molecule has 1 fully saturated rings. The van der Waals surface area contributed by atoms with Gasteiger partial charge in [-0.05, 0) is 68.9 Å². The van der Waals surface area contributed by atoms with Crippen molar-refractivity contribution in [2.75, 3.05) is 13.1 Å². The lowest BCUT2D eigenvalue weighted by Gasteiger charge is -2.32. The number of piperidine rings is 1. The molecule has 5 nitrogen and oxygen atoms in total. The van der Waals surface area contributed by atoms with Crippen LogP contribution in [0.4, 0.5) is 0 Å². The zero-order valence-electron chi connectivity index (χ0n) is 17.6. The number of hydrogen-bond donors (Lipinski definition) is 0. The van der Waals surface area contributed by atoms with Crippen molar-refractivity contribution in [2.45, 2.75) is 39.7 Å². The third kappa shape index (κ3) is 4.73. The van der Waals surface area contributed by atoms with Gasteiger partial charge in [0.25, 0.3) is 5.91 Å². The van der Waals surface area contributed by atoms with Gasteiger partial charge in [-0.3, -0.25) is 4.79 Å². The Hall–Kier alpha value is -3.08.